The summed E-state index contributed by atoms with van der Waals surface area (Å²) in [6, 6.07) is 6.98. The van der Waals surface area contributed by atoms with E-state index in [1.165, 1.54) is 27.4 Å². The number of nitrogens with zero attached hydrogens (tertiary/aromatic N) is 2. The predicted molar refractivity (Wildman–Crippen MR) is 95.7 cm³/mol. The topological polar surface area (TPSA) is 91.2 Å². The Kier molecular flexibility index (Phi) is 6.37. The van der Waals surface area contributed by atoms with Crippen LogP contribution < -0.4 is 19.6 Å². The average molecular weight is 359 g/mol. The van der Waals surface area contributed by atoms with Gasteiger partial charge in [-0.15, -0.1) is 0 Å². The van der Waals surface area contributed by atoms with Gasteiger partial charge < -0.3 is 18.8 Å². The largest absolute Gasteiger partial charge is 0.493 e. The molecule has 0 aliphatic heterocycles. The molecule has 0 bridgehead atoms. The molecule has 0 aliphatic rings. The van der Waals surface area contributed by atoms with Crippen LogP contribution in [0.3, 0.4) is 0 Å². The fourth-order valence-corrected chi connectivity index (χ4v) is 2.28. The molecule has 0 spiro atoms. The van der Waals surface area contributed by atoms with Crippen molar-refractivity contribution in [3.8, 4) is 17.2 Å². The first kappa shape index (κ1) is 19.0. The predicted octanol–water partition coefficient (Wildman–Crippen LogP) is 1.66. The lowest BCUT2D eigenvalue weighted by Crippen LogP contribution is -2.20. The van der Waals surface area contributed by atoms with Crippen molar-refractivity contribution in [2.24, 2.45) is 12.1 Å². The van der Waals surface area contributed by atoms with Crippen LogP contribution >= 0.6 is 0 Å². The molecule has 0 radical (unpaired) electrons. The summed E-state index contributed by atoms with van der Waals surface area (Å²) < 4.78 is 17.5. The zero-order valence-corrected chi connectivity index (χ0v) is 15.1. The number of aryl methyl sites for hydroxylation is 1. The Morgan fingerprint density at radius 1 is 1.23 bits per heavy atom. The molecular formula is C18H21N3O5. The van der Waals surface area contributed by atoms with Crippen LogP contribution in [0.4, 0.5) is 0 Å². The van der Waals surface area contributed by atoms with Crippen molar-refractivity contribution in [3.63, 3.8) is 0 Å². The summed E-state index contributed by atoms with van der Waals surface area (Å²) in [4.78, 5) is 23.2. The summed E-state index contributed by atoms with van der Waals surface area (Å²) in [5.74, 6) is 0.0918. The van der Waals surface area contributed by atoms with E-state index in [-0.39, 0.29) is 18.1 Å². The number of esters is 1. The van der Waals surface area contributed by atoms with E-state index >= 15 is 0 Å². The highest BCUT2D eigenvalue weighted by molar-refractivity contribution is 5.85. The lowest BCUT2D eigenvalue weighted by Gasteiger charge is -2.13. The van der Waals surface area contributed by atoms with E-state index in [0.717, 1.165) is 5.69 Å². The average Bonchev–Trinajstić information content (AvgIpc) is 3.00. The van der Waals surface area contributed by atoms with Gasteiger partial charge in [0, 0.05) is 31.4 Å². The van der Waals surface area contributed by atoms with Gasteiger partial charge in [-0.05, 0) is 24.3 Å². The highest BCUT2D eigenvalue weighted by atomic mass is 16.6. The molecule has 1 aromatic carbocycles. The number of hydrogen-bond donors (Lipinski definition) is 1. The van der Waals surface area contributed by atoms with Gasteiger partial charge in [0.25, 0.3) is 0 Å². The quantitative estimate of drug-likeness (QED) is 0.351. The van der Waals surface area contributed by atoms with Gasteiger partial charge in [0.15, 0.2) is 11.5 Å². The summed E-state index contributed by atoms with van der Waals surface area (Å²) in [6.07, 6.45) is 3.54. The van der Waals surface area contributed by atoms with Gasteiger partial charge in [-0.2, -0.15) is 5.10 Å². The Hall–Kier alpha value is -3.29. The van der Waals surface area contributed by atoms with Gasteiger partial charge in [0.05, 0.1) is 26.9 Å². The molecule has 0 atom stereocenters. The Balaban J connectivity index is 2.10. The minimum atomic E-state index is -0.490. The van der Waals surface area contributed by atoms with Crippen LogP contribution in [0.1, 0.15) is 18.2 Å². The number of nitrogens with one attached hydrogen (secondary N) is 1. The fraction of sp³-hybridized carbons (Fsp3) is 0.278. The Labute approximate surface area is 151 Å². The van der Waals surface area contributed by atoms with Crippen LogP contribution in [0.15, 0.2) is 35.6 Å². The number of rotatable bonds is 7. The van der Waals surface area contributed by atoms with Crippen LogP contribution in [0.2, 0.25) is 0 Å². The maximum atomic E-state index is 11.9. The molecule has 0 unspecified atom stereocenters. The van der Waals surface area contributed by atoms with Gasteiger partial charge >= 0.3 is 5.97 Å². The fourth-order valence-electron chi connectivity index (χ4n) is 2.28. The third-order valence-corrected chi connectivity index (χ3v) is 3.52. The Bertz CT molecular complexity index is 801. The molecule has 138 valence electrons. The van der Waals surface area contributed by atoms with E-state index in [4.69, 9.17) is 14.2 Å². The minimum absolute atomic E-state index is 0.187. The van der Waals surface area contributed by atoms with Crippen LogP contribution in [0.25, 0.3) is 0 Å². The lowest BCUT2D eigenvalue weighted by atomic mass is 10.2. The number of methoxy groups -OCH3 is 2. The number of hydrazone groups is 1. The molecule has 1 heterocycles. The standard InChI is InChI=1S/C18H21N3O5/c1-12(22)26-18-15(24-3)8-13(9-16(18)25-4)11-19-20-17(23)10-14-6-5-7-21(14)2/h5-9,11H,10H2,1-4H3,(H,20,23)/b19-11-. The monoisotopic (exact) mass is 359 g/mol. The molecule has 0 aliphatic carbocycles. The van der Waals surface area contributed by atoms with Gasteiger partial charge in [-0.25, -0.2) is 5.43 Å². The van der Waals surface area contributed by atoms with Gasteiger partial charge in [-0.1, -0.05) is 0 Å². The van der Waals surface area contributed by atoms with Crippen molar-refractivity contribution in [2.75, 3.05) is 14.2 Å². The summed E-state index contributed by atoms with van der Waals surface area (Å²) in [6.45, 7) is 1.29. The molecule has 1 amide bonds. The number of ether oxygens (including phenoxy) is 3. The van der Waals surface area contributed by atoms with Crippen LogP contribution in [0, 0.1) is 0 Å². The van der Waals surface area contributed by atoms with E-state index in [2.05, 4.69) is 10.5 Å². The van der Waals surface area contributed by atoms with Crippen LogP contribution in [0.5, 0.6) is 17.2 Å². The minimum Gasteiger partial charge on any atom is -0.493 e. The van der Waals surface area contributed by atoms with Crippen molar-refractivity contribution in [3.05, 3.63) is 41.7 Å². The summed E-state index contributed by atoms with van der Waals surface area (Å²) in [5, 5.41) is 3.94. The van der Waals surface area contributed by atoms with Crippen molar-refractivity contribution in [1.82, 2.24) is 9.99 Å². The molecule has 0 fully saturated rings. The van der Waals surface area contributed by atoms with E-state index in [1.54, 1.807) is 12.1 Å². The zero-order chi connectivity index (χ0) is 19.1. The van der Waals surface area contributed by atoms with Crippen LogP contribution in [-0.2, 0) is 23.1 Å². The molecule has 2 rings (SSSR count). The first-order chi connectivity index (χ1) is 12.4. The summed E-state index contributed by atoms with van der Waals surface area (Å²) >= 11 is 0. The third kappa shape index (κ3) is 4.85. The molecule has 0 saturated heterocycles. The molecule has 0 saturated carbocycles. The van der Waals surface area contributed by atoms with Crippen molar-refractivity contribution in [2.45, 2.75) is 13.3 Å². The smallest absolute Gasteiger partial charge is 0.308 e. The van der Waals surface area contributed by atoms with Gasteiger partial charge in [0.1, 0.15) is 0 Å². The van der Waals surface area contributed by atoms with E-state index in [0.29, 0.717) is 17.1 Å². The van der Waals surface area contributed by atoms with E-state index in [9.17, 15) is 9.59 Å². The summed E-state index contributed by atoms with van der Waals surface area (Å²) in [5.41, 5.74) is 3.96. The first-order valence-corrected chi connectivity index (χ1v) is 7.81. The highest BCUT2D eigenvalue weighted by Gasteiger charge is 2.15. The van der Waals surface area contributed by atoms with Gasteiger partial charge in [0.2, 0.25) is 11.7 Å². The second-order valence-corrected chi connectivity index (χ2v) is 5.43. The zero-order valence-electron chi connectivity index (χ0n) is 15.1. The maximum Gasteiger partial charge on any atom is 0.308 e. The normalized spacial score (nSPS) is 10.6. The highest BCUT2D eigenvalue weighted by Crippen LogP contribution is 2.38. The molecule has 1 N–H and O–H groups in total. The van der Waals surface area contributed by atoms with Gasteiger partial charge in [-0.3, -0.25) is 9.59 Å². The number of aromatic nitrogens is 1. The third-order valence-electron chi connectivity index (χ3n) is 3.52. The Morgan fingerprint density at radius 2 is 1.88 bits per heavy atom. The molecular weight excluding hydrogens is 338 g/mol. The number of benzene rings is 1. The number of hydrogen-bond acceptors (Lipinski definition) is 6. The number of amides is 1. The number of carbonyl (C=O) groups is 2. The van der Waals surface area contributed by atoms with Crippen molar-refractivity contribution >= 4 is 18.1 Å². The molecule has 1 aromatic heterocycles. The SMILES string of the molecule is COc1cc(/C=N\NC(=O)Cc2cccn2C)cc(OC)c1OC(C)=O. The molecule has 8 nitrogen and oxygen atoms in total. The first-order valence-electron chi connectivity index (χ1n) is 7.81. The Morgan fingerprint density at radius 3 is 2.38 bits per heavy atom. The van der Waals surface area contributed by atoms with Crippen molar-refractivity contribution < 1.29 is 23.8 Å². The molecule has 8 heteroatoms. The van der Waals surface area contributed by atoms with Crippen LogP contribution in [-0.4, -0.2) is 36.9 Å². The second-order valence-electron chi connectivity index (χ2n) is 5.43. The number of carbonyl (C=O) groups excluding carboxylic acids is 2. The molecule has 26 heavy (non-hydrogen) atoms. The van der Waals surface area contributed by atoms with Crippen molar-refractivity contribution in [1.29, 1.82) is 0 Å². The van der Waals surface area contributed by atoms with E-state index < -0.39 is 5.97 Å². The maximum absolute atomic E-state index is 11.9. The van der Waals surface area contributed by atoms with E-state index in [1.807, 2.05) is 29.9 Å². The molecule has 2 aromatic rings. The summed E-state index contributed by atoms with van der Waals surface area (Å²) in [7, 11) is 4.77. The lowest BCUT2D eigenvalue weighted by molar-refractivity contribution is -0.132. The second kappa shape index (κ2) is 8.70.